The number of amides is 2. The maximum atomic E-state index is 12.9. The van der Waals surface area contributed by atoms with Crippen LogP contribution in [0.2, 0.25) is 0 Å². The Kier molecular flexibility index (Phi) is 27.2. The zero-order valence-corrected chi connectivity index (χ0v) is 52.6. The van der Waals surface area contributed by atoms with Gasteiger partial charge in [-0.15, -0.1) is 0 Å². The fourth-order valence-corrected chi connectivity index (χ4v) is 12.4. The summed E-state index contributed by atoms with van der Waals surface area (Å²) in [6.45, 7) is 0.830. The van der Waals surface area contributed by atoms with E-state index in [2.05, 4.69) is 14.8 Å². The second kappa shape index (κ2) is 33.1. The van der Waals surface area contributed by atoms with Crippen LogP contribution in [0.25, 0.3) is 0 Å². The van der Waals surface area contributed by atoms with Crippen molar-refractivity contribution in [3.05, 3.63) is 0 Å². The summed E-state index contributed by atoms with van der Waals surface area (Å²) in [7, 11) is -5.31. The summed E-state index contributed by atoms with van der Waals surface area (Å²) < 4.78 is 125. The van der Waals surface area contributed by atoms with Crippen molar-refractivity contribution in [2.45, 2.75) is 280 Å². The van der Waals surface area contributed by atoms with Gasteiger partial charge in [0, 0.05) is 13.8 Å². The zero-order chi connectivity index (χ0) is 71.9. The first-order chi connectivity index (χ1) is 45.4. The van der Waals surface area contributed by atoms with Crippen LogP contribution in [0.5, 0.6) is 0 Å². The van der Waals surface area contributed by atoms with Gasteiger partial charge in [-0.05, 0) is 20.8 Å². The van der Waals surface area contributed by atoms with Gasteiger partial charge in [0.2, 0.25) is 11.8 Å². The number of aliphatic hydroxyl groups is 19. The molecule has 45 heteroatoms. The molecule has 0 bridgehead atoms. The van der Waals surface area contributed by atoms with Crippen molar-refractivity contribution in [2.24, 2.45) is 0 Å². The highest BCUT2D eigenvalue weighted by atomic mass is 32.3. The minimum Gasteiger partial charge on any atom is -0.479 e. The molecule has 23 N–H and O–H groups in total. The monoisotopic (exact) mass is 1440 g/mol. The van der Waals surface area contributed by atoms with Crippen molar-refractivity contribution >= 4 is 28.2 Å². The normalized spacial score (nSPS) is 50.1. The number of aliphatic carboxylic acids is 1. The Bertz CT molecular complexity index is 2690. The van der Waals surface area contributed by atoms with E-state index in [1.54, 1.807) is 0 Å². The Morgan fingerprint density at radius 1 is 0.371 bits per heavy atom. The number of aliphatic hydroxyl groups excluding tert-OH is 19. The number of carboxylic acid groups (broad SMARTS) is 1. The van der Waals surface area contributed by atoms with Crippen LogP contribution in [0, 0.1) is 0 Å². The van der Waals surface area contributed by atoms with Gasteiger partial charge < -0.3 is 184 Å². The van der Waals surface area contributed by atoms with Crippen molar-refractivity contribution in [1.82, 2.24) is 10.6 Å². The number of nitrogens with one attached hydrogen (secondary N) is 2. The van der Waals surface area contributed by atoms with Crippen molar-refractivity contribution in [1.29, 1.82) is 0 Å². The zero-order valence-electron chi connectivity index (χ0n) is 51.8. The number of hydrogen-bond donors (Lipinski definition) is 23. The second-order valence-electron chi connectivity index (χ2n) is 24.4. The predicted molar refractivity (Wildman–Crippen MR) is 294 cm³/mol. The van der Waals surface area contributed by atoms with E-state index in [-0.39, 0.29) is 0 Å². The molecule has 0 unspecified atom stereocenters. The van der Waals surface area contributed by atoms with Crippen LogP contribution in [-0.2, 0) is 100 Å². The fourth-order valence-electron chi connectivity index (χ4n) is 12.1. The van der Waals surface area contributed by atoms with Crippen LogP contribution in [0.1, 0.15) is 34.6 Å². The molecule has 2 amide bonds. The lowest BCUT2D eigenvalue weighted by Crippen LogP contribution is -2.70. The van der Waals surface area contributed by atoms with Gasteiger partial charge in [-0.2, -0.15) is 8.42 Å². The molecule has 0 saturated carbocycles. The maximum absolute atomic E-state index is 12.9. The molecule has 562 valence electrons. The molecule has 0 aromatic rings. The standard InChI is InChI=1S/C52H86N2O42S/c1-10-21(59)28(66)33(71)47(83-10)90-38-20(54-14(5)58)46(89-18(27(38)65)9-82-97(78,79)80)81-8-17-26(64)37(19(45(77)86-17)53-13(4)57)91-52-43(96-49-35(73)30(68)23(61)12(3)85-49)40(25(63)16(7-56)88-52)93-50-36(74)39(24(62)15(6-55)87-50)92-51-42(32(70)31(69)41(94-51)44(75)76)95-48-34(72)29(67)22(60)11(2)84-48/h10-12,15-43,45-52,55-56,59-74,77H,6-9H2,1-5H3,(H,53,57)(H,54,58)(H,75,76)(H,78,79,80)/t10-,11-,12-,15+,16+,17+,18+,19+,20+,21+,22+,23+,24-,25-,26-,27+,28+,29+,30+,31-,32-,33-,34-,35-,36+,37+,38+,39-,40-,41-,42+,43+,45-,46+,47-,48-,49-,50-,51+,52-/m0/s1. The summed E-state index contributed by atoms with van der Waals surface area (Å²) in [5, 5.41) is 226. The number of carboxylic acids is 1. The van der Waals surface area contributed by atoms with E-state index in [4.69, 9.17) is 71.1 Å². The van der Waals surface area contributed by atoms with Crippen LogP contribution < -0.4 is 10.6 Å². The molecule has 8 aliphatic rings. The minimum absolute atomic E-state index is 0.910. The average molecular weight is 1440 g/mol. The topological polar surface area (TPSA) is 682 Å². The highest BCUT2D eigenvalue weighted by Crippen LogP contribution is 2.39. The molecule has 8 heterocycles. The number of hydrogen-bond acceptors (Lipinski definition) is 40. The van der Waals surface area contributed by atoms with E-state index >= 15 is 0 Å². The Morgan fingerprint density at radius 3 is 1.22 bits per heavy atom. The molecule has 8 fully saturated rings. The molecule has 8 saturated heterocycles. The van der Waals surface area contributed by atoms with Gasteiger partial charge in [0.1, 0.15) is 171 Å². The highest BCUT2D eigenvalue weighted by Gasteiger charge is 2.60. The van der Waals surface area contributed by atoms with Crippen LogP contribution in [0.3, 0.4) is 0 Å². The lowest BCUT2D eigenvalue weighted by molar-refractivity contribution is -0.409. The second-order valence-corrected chi connectivity index (χ2v) is 25.5. The van der Waals surface area contributed by atoms with Gasteiger partial charge in [0.15, 0.2) is 56.4 Å². The Hall–Kier alpha value is -3.08. The fraction of sp³-hybridized carbons (Fsp3) is 0.942. The lowest BCUT2D eigenvalue weighted by Gasteiger charge is -2.51. The third kappa shape index (κ3) is 17.8. The maximum Gasteiger partial charge on any atom is 0.397 e. The van der Waals surface area contributed by atoms with E-state index in [0.717, 1.165) is 13.8 Å². The van der Waals surface area contributed by atoms with Crippen LogP contribution in [-0.4, -0.2) is 405 Å². The average Bonchev–Trinajstić information content (AvgIpc) is 0.838. The predicted octanol–water partition coefficient (Wildman–Crippen LogP) is -15.2. The Labute approximate surface area is 548 Å². The van der Waals surface area contributed by atoms with Gasteiger partial charge >= 0.3 is 16.4 Å². The summed E-state index contributed by atoms with van der Waals surface area (Å²) in [5.74, 6) is -3.80. The molecular formula is C52H86N2O42S. The molecule has 0 aliphatic carbocycles. The smallest absolute Gasteiger partial charge is 0.397 e. The lowest BCUT2D eigenvalue weighted by atomic mass is 9.94. The van der Waals surface area contributed by atoms with Gasteiger partial charge in [-0.1, -0.05) is 0 Å². The summed E-state index contributed by atoms with van der Waals surface area (Å²) in [5.41, 5.74) is 0. The summed E-state index contributed by atoms with van der Waals surface area (Å²) in [4.78, 5) is 38.0. The minimum atomic E-state index is -5.31. The summed E-state index contributed by atoms with van der Waals surface area (Å²) in [6.07, 6.45) is -79.2. The van der Waals surface area contributed by atoms with Crippen LogP contribution in [0.4, 0.5) is 0 Å². The van der Waals surface area contributed by atoms with Gasteiger partial charge in [-0.25, -0.2) is 8.98 Å². The third-order valence-corrected chi connectivity index (χ3v) is 17.9. The highest BCUT2D eigenvalue weighted by molar-refractivity contribution is 7.80. The number of carbonyl (C=O) groups excluding carboxylic acids is 2. The first kappa shape index (κ1) is 79.6. The first-order valence-electron chi connectivity index (χ1n) is 30.4. The number of carbonyl (C=O) groups is 3. The Balaban J connectivity index is 1.12. The SMILES string of the molecule is CC(=O)N[C@@H]1[C@@H](O[C@@H]2O[C@H](CO)[C@H](O)[C@H](O[C@@H]3O[C@H](CO)[C@H](O)[C@H](O[C@@H]4O[C@H](C(=O)O)[C@@H](O)[C@H](O)[C@H]4O[C@@H]4O[C@@H](C)[C@@H](O)[C@@H](O)[C@@H]4O)[C@H]3O)[C@H]2O[C@@H]2O[C@@H](C)[C@@H](O)[C@@H](O)[C@@H]2O)[C@@H](O)[C@@H](CO[C@@H]2O[C@H](COS(=O)(=O)O)[C@@H](O)[C@H](O[C@@H]3O[C@@H](C)[C@@H](O)[C@@H](O)[C@@H]3O)[C@H]2NC(C)=O)O[C@@H]1O. The molecule has 0 aromatic carbocycles. The molecule has 0 spiro atoms. The first-order valence-corrected chi connectivity index (χ1v) is 31.7. The molecule has 8 aliphatic heterocycles. The molecular weight excluding hydrogens is 1360 g/mol. The molecule has 97 heavy (non-hydrogen) atoms. The van der Waals surface area contributed by atoms with Gasteiger partial charge in [-0.3, -0.25) is 14.1 Å². The van der Waals surface area contributed by atoms with E-state index in [1.807, 2.05) is 0 Å². The molecule has 40 atom stereocenters. The van der Waals surface area contributed by atoms with Crippen LogP contribution >= 0.6 is 0 Å². The third-order valence-electron chi connectivity index (χ3n) is 17.5. The van der Waals surface area contributed by atoms with Gasteiger partial charge in [0.25, 0.3) is 0 Å². The van der Waals surface area contributed by atoms with Crippen molar-refractivity contribution in [2.75, 3.05) is 26.4 Å². The summed E-state index contributed by atoms with van der Waals surface area (Å²) >= 11 is 0. The molecule has 8 rings (SSSR count). The van der Waals surface area contributed by atoms with E-state index < -0.39 is 300 Å². The van der Waals surface area contributed by atoms with Crippen molar-refractivity contribution in [3.63, 3.8) is 0 Å². The van der Waals surface area contributed by atoms with Crippen molar-refractivity contribution in [3.8, 4) is 0 Å². The Morgan fingerprint density at radius 2 is 0.742 bits per heavy atom. The van der Waals surface area contributed by atoms with Gasteiger partial charge in [0.05, 0.1) is 44.7 Å². The summed E-state index contributed by atoms with van der Waals surface area (Å²) in [6, 6.07) is -3.76. The van der Waals surface area contributed by atoms with E-state index in [0.29, 0.717) is 0 Å². The van der Waals surface area contributed by atoms with E-state index in [1.165, 1.54) is 20.8 Å². The number of rotatable bonds is 23. The van der Waals surface area contributed by atoms with Crippen molar-refractivity contribution < 1.29 is 205 Å². The van der Waals surface area contributed by atoms with Crippen LogP contribution in [0.15, 0.2) is 0 Å². The quantitative estimate of drug-likeness (QED) is 0.0422. The van der Waals surface area contributed by atoms with E-state index in [9.17, 15) is 129 Å². The molecule has 44 nitrogen and oxygen atoms in total. The molecule has 0 radical (unpaired) electrons. The number of ether oxygens (including phenoxy) is 15. The largest absolute Gasteiger partial charge is 0.479 e. The molecule has 0 aromatic heterocycles.